The molecule has 1 saturated heterocycles. The smallest absolute Gasteiger partial charge is 0.244 e. The second kappa shape index (κ2) is 7.77. The van der Waals surface area contributed by atoms with Crippen molar-refractivity contribution >= 4 is 22.4 Å². The van der Waals surface area contributed by atoms with Gasteiger partial charge in [0.1, 0.15) is 0 Å². The molecule has 140 valence electrons. The van der Waals surface area contributed by atoms with Crippen molar-refractivity contribution in [2.75, 3.05) is 25.0 Å². The van der Waals surface area contributed by atoms with Crippen molar-refractivity contribution in [1.82, 2.24) is 4.90 Å². The first-order valence-electron chi connectivity index (χ1n) is 9.52. The molecule has 0 spiro atoms. The number of nitrogens with zero attached hydrogens (tertiary/aromatic N) is 2. The van der Waals surface area contributed by atoms with Crippen LogP contribution in [-0.2, 0) is 9.53 Å². The summed E-state index contributed by atoms with van der Waals surface area (Å²) in [5, 5.41) is 2.34. The molecule has 0 bridgehead atoms. The number of fused-ring (bicyclic) bond motifs is 1. The maximum absolute atomic E-state index is 13.4. The predicted octanol–water partition coefficient (Wildman–Crippen LogP) is 3.94. The first-order valence-corrected chi connectivity index (χ1v) is 9.52. The summed E-state index contributed by atoms with van der Waals surface area (Å²) in [5.41, 5.74) is 0.939. The summed E-state index contributed by atoms with van der Waals surface area (Å²) in [5.74, 6) is 0.388. The molecule has 0 radical (unpaired) electrons. The zero-order chi connectivity index (χ0) is 18.8. The van der Waals surface area contributed by atoms with Gasteiger partial charge in [-0.1, -0.05) is 44.2 Å². The Balaban J connectivity index is 1.85. The van der Waals surface area contributed by atoms with Crippen LogP contribution in [0, 0.1) is 5.92 Å². The highest BCUT2D eigenvalue weighted by Gasteiger charge is 2.35. The molecule has 4 heteroatoms. The molecule has 1 fully saturated rings. The number of morpholine rings is 1. The van der Waals surface area contributed by atoms with Crippen LogP contribution in [0.5, 0.6) is 0 Å². The van der Waals surface area contributed by atoms with E-state index in [0.717, 1.165) is 24.2 Å². The lowest BCUT2D eigenvalue weighted by Crippen LogP contribution is -2.57. The SMILES string of the molecule is CC1CN(C(C(=O)N(C)c2ccc3ccccc3c2)C(C)C)CC(C)O1. The van der Waals surface area contributed by atoms with Crippen LogP contribution in [-0.4, -0.2) is 49.2 Å². The zero-order valence-corrected chi connectivity index (χ0v) is 16.5. The average molecular weight is 354 g/mol. The molecule has 4 nitrogen and oxygen atoms in total. The van der Waals surface area contributed by atoms with Crippen molar-refractivity contribution in [3.05, 3.63) is 42.5 Å². The third-order valence-electron chi connectivity index (χ3n) is 5.18. The topological polar surface area (TPSA) is 32.8 Å². The predicted molar refractivity (Wildman–Crippen MR) is 108 cm³/mol. The van der Waals surface area contributed by atoms with E-state index in [9.17, 15) is 4.79 Å². The lowest BCUT2D eigenvalue weighted by Gasteiger charge is -2.42. The van der Waals surface area contributed by atoms with Crippen LogP contribution < -0.4 is 4.90 Å². The number of ether oxygens (including phenoxy) is 1. The zero-order valence-electron chi connectivity index (χ0n) is 16.5. The molecule has 1 heterocycles. The number of anilines is 1. The minimum Gasteiger partial charge on any atom is -0.373 e. The molecule has 1 amide bonds. The Morgan fingerprint density at radius 1 is 1.08 bits per heavy atom. The molecular formula is C22H30N2O2. The summed E-state index contributed by atoms with van der Waals surface area (Å²) in [4.78, 5) is 17.5. The monoisotopic (exact) mass is 354 g/mol. The number of carbonyl (C=O) groups excluding carboxylic acids is 1. The number of hydrogen-bond acceptors (Lipinski definition) is 3. The van der Waals surface area contributed by atoms with E-state index >= 15 is 0 Å². The molecule has 26 heavy (non-hydrogen) atoms. The Bertz CT molecular complexity index is 764. The summed E-state index contributed by atoms with van der Waals surface area (Å²) in [6, 6.07) is 14.3. The quantitative estimate of drug-likeness (QED) is 0.834. The van der Waals surface area contributed by atoms with Crippen LogP contribution in [0.25, 0.3) is 10.8 Å². The molecule has 0 saturated carbocycles. The van der Waals surface area contributed by atoms with Crippen LogP contribution in [0.15, 0.2) is 42.5 Å². The van der Waals surface area contributed by atoms with Gasteiger partial charge >= 0.3 is 0 Å². The van der Waals surface area contributed by atoms with Gasteiger partial charge in [0, 0.05) is 25.8 Å². The van der Waals surface area contributed by atoms with Crippen LogP contribution in [0.4, 0.5) is 5.69 Å². The van der Waals surface area contributed by atoms with E-state index in [4.69, 9.17) is 4.74 Å². The van der Waals surface area contributed by atoms with Crippen LogP contribution in [0.1, 0.15) is 27.7 Å². The lowest BCUT2D eigenvalue weighted by molar-refractivity contribution is -0.132. The van der Waals surface area contributed by atoms with E-state index < -0.39 is 0 Å². The molecule has 0 N–H and O–H groups in total. The highest BCUT2D eigenvalue weighted by molar-refractivity contribution is 5.99. The molecule has 1 aliphatic heterocycles. The van der Waals surface area contributed by atoms with Crippen molar-refractivity contribution in [3.8, 4) is 0 Å². The van der Waals surface area contributed by atoms with Crippen molar-refractivity contribution in [2.45, 2.75) is 45.9 Å². The summed E-state index contributed by atoms with van der Waals surface area (Å²) in [6.45, 7) is 10.0. The van der Waals surface area contributed by atoms with Crippen molar-refractivity contribution in [1.29, 1.82) is 0 Å². The van der Waals surface area contributed by atoms with Crippen LogP contribution in [0.3, 0.4) is 0 Å². The Labute approximate surface area is 156 Å². The van der Waals surface area contributed by atoms with Gasteiger partial charge in [0.05, 0.1) is 18.2 Å². The van der Waals surface area contributed by atoms with E-state index in [0.29, 0.717) is 0 Å². The third-order valence-corrected chi connectivity index (χ3v) is 5.18. The van der Waals surface area contributed by atoms with Crippen molar-refractivity contribution in [3.63, 3.8) is 0 Å². The summed E-state index contributed by atoms with van der Waals surface area (Å²) < 4.78 is 5.85. The van der Waals surface area contributed by atoms with Gasteiger partial charge in [0.2, 0.25) is 5.91 Å². The summed E-state index contributed by atoms with van der Waals surface area (Å²) >= 11 is 0. The lowest BCUT2D eigenvalue weighted by atomic mass is 9.98. The number of benzene rings is 2. The van der Waals surface area contributed by atoms with E-state index in [1.54, 1.807) is 0 Å². The first kappa shape index (κ1) is 18.9. The molecule has 0 aliphatic carbocycles. The highest BCUT2D eigenvalue weighted by atomic mass is 16.5. The van der Waals surface area contributed by atoms with Gasteiger partial charge in [-0.3, -0.25) is 9.69 Å². The largest absolute Gasteiger partial charge is 0.373 e. The third kappa shape index (κ3) is 3.92. The Hall–Kier alpha value is -1.91. The summed E-state index contributed by atoms with van der Waals surface area (Å²) in [6.07, 6.45) is 0.303. The fourth-order valence-corrected chi connectivity index (χ4v) is 4.02. The average Bonchev–Trinajstić information content (AvgIpc) is 2.59. The standard InChI is InChI=1S/C22H30N2O2/c1-15(2)21(24-13-16(3)26-17(4)14-24)22(25)23(5)20-11-10-18-8-6-7-9-19(18)12-20/h6-12,15-17,21H,13-14H2,1-5H3. The molecule has 0 aromatic heterocycles. The van der Waals surface area contributed by atoms with Gasteiger partial charge < -0.3 is 9.64 Å². The molecule has 3 unspecified atom stereocenters. The fourth-order valence-electron chi connectivity index (χ4n) is 4.02. The molecule has 3 rings (SSSR count). The number of amides is 1. The Morgan fingerprint density at radius 2 is 1.69 bits per heavy atom. The maximum Gasteiger partial charge on any atom is 0.244 e. The fraction of sp³-hybridized carbons (Fsp3) is 0.500. The Kier molecular flexibility index (Phi) is 5.64. The van der Waals surface area contributed by atoms with Crippen molar-refractivity contribution in [2.24, 2.45) is 5.92 Å². The summed E-state index contributed by atoms with van der Waals surface area (Å²) in [7, 11) is 1.88. The Morgan fingerprint density at radius 3 is 2.31 bits per heavy atom. The minimum absolute atomic E-state index is 0.139. The van der Waals surface area contributed by atoms with Gasteiger partial charge in [-0.2, -0.15) is 0 Å². The maximum atomic E-state index is 13.4. The van der Waals surface area contributed by atoms with Crippen molar-refractivity contribution < 1.29 is 9.53 Å². The molecule has 2 aromatic carbocycles. The molecular weight excluding hydrogens is 324 g/mol. The van der Waals surface area contributed by atoms with E-state index in [1.807, 2.05) is 30.1 Å². The molecule has 2 aromatic rings. The number of rotatable bonds is 4. The minimum atomic E-state index is -0.139. The normalized spacial score (nSPS) is 22.5. The van der Waals surface area contributed by atoms with Gasteiger partial charge in [0.15, 0.2) is 0 Å². The van der Waals surface area contributed by atoms with E-state index in [1.165, 1.54) is 5.39 Å². The number of likely N-dealkylation sites (N-methyl/N-ethyl adjacent to an activating group) is 1. The first-order chi connectivity index (χ1) is 12.4. The number of carbonyl (C=O) groups is 1. The van der Waals surface area contributed by atoms with Gasteiger partial charge in [-0.25, -0.2) is 0 Å². The van der Waals surface area contributed by atoms with E-state index in [2.05, 4.69) is 56.9 Å². The van der Waals surface area contributed by atoms with Gasteiger partial charge in [0.25, 0.3) is 0 Å². The van der Waals surface area contributed by atoms with E-state index in [-0.39, 0.29) is 30.1 Å². The van der Waals surface area contributed by atoms with Gasteiger partial charge in [-0.05, 0) is 42.7 Å². The second-order valence-corrected chi connectivity index (χ2v) is 7.83. The molecule has 3 atom stereocenters. The number of hydrogen-bond donors (Lipinski definition) is 0. The second-order valence-electron chi connectivity index (χ2n) is 7.83. The van der Waals surface area contributed by atoms with Crippen LogP contribution >= 0.6 is 0 Å². The molecule has 1 aliphatic rings. The van der Waals surface area contributed by atoms with Crippen LogP contribution in [0.2, 0.25) is 0 Å². The van der Waals surface area contributed by atoms with Gasteiger partial charge in [-0.15, -0.1) is 0 Å². The highest BCUT2D eigenvalue weighted by Crippen LogP contribution is 2.25.